The first-order chi connectivity index (χ1) is 19.0. The van der Waals surface area contributed by atoms with E-state index in [2.05, 4.69) is 20.6 Å². The van der Waals surface area contributed by atoms with Gasteiger partial charge in [0.05, 0.1) is 25.9 Å². The van der Waals surface area contributed by atoms with E-state index in [4.69, 9.17) is 25.5 Å². The summed E-state index contributed by atoms with van der Waals surface area (Å²) in [5.74, 6) is 0.429. The van der Waals surface area contributed by atoms with Gasteiger partial charge in [0.25, 0.3) is 5.56 Å². The number of nitrogens with one attached hydrogen (secondary N) is 1. The first-order valence-corrected chi connectivity index (χ1v) is 15.5. The summed E-state index contributed by atoms with van der Waals surface area (Å²) in [6.45, 7) is -7.64. The number of halogens is 1. The maximum atomic E-state index is 13.9. The molecule has 1 aromatic rings. The van der Waals surface area contributed by atoms with Crippen LogP contribution >= 0.6 is 14.5 Å². The minimum absolute atomic E-state index is 0.600. The number of phosphoric ester groups is 1. The van der Waals surface area contributed by atoms with Gasteiger partial charge in [0.15, 0.2) is 6.29 Å². The Bertz CT molecular complexity index is 1340. The molecule has 2 fully saturated rings. The van der Waals surface area contributed by atoms with Crippen LogP contribution in [0.25, 0.3) is 0 Å². The molecule has 0 aliphatic carbocycles. The van der Waals surface area contributed by atoms with Crippen molar-refractivity contribution >= 4 is 26.3 Å². The van der Waals surface area contributed by atoms with Gasteiger partial charge in [-0.2, -0.15) is 0 Å². The van der Waals surface area contributed by atoms with Crippen LogP contribution in [-0.4, -0.2) is 119 Å². The summed E-state index contributed by atoms with van der Waals surface area (Å²) in [5.41, 5.74) is -4.28. The smallest absolute Gasteiger partial charge is 0.393 e. The van der Waals surface area contributed by atoms with Gasteiger partial charge in [-0.25, -0.2) is 18.1 Å². The van der Waals surface area contributed by atoms with Crippen LogP contribution in [0.15, 0.2) is 21.9 Å². The molecule has 9 N–H and O–H groups in total. The SMILES string of the molecule is C#C[C@@]1(n2ccc(=O)[nH]c2=O)O[C@H](COP(O)(=S)OP(=O)(O)OC2OCC([C@@H](F)CO)C(O)C(O)C2O)[C@@H](O)[C@H]1O. The second kappa shape index (κ2) is 13.0. The zero-order chi connectivity index (χ0) is 30.9. The van der Waals surface area contributed by atoms with E-state index in [9.17, 15) is 53.9 Å². The van der Waals surface area contributed by atoms with Gasteiger partial charge >= 0.3 is 20.2 Å². The van der Waals surface area contributed by atoms with Gasteiger partial charge in [-0.3, -0.25) is 18.9 Å². The topological polar surface area (TPSA) is 280 Å². The third kappa shape index (κ3) is 7.37. The Kier molecular flexibility index (Phi) is 10.8. The number of phosphoric acid groups is 1. The zero-order valence-corrected chi connectivity index (χ0v) is 23.1. The quantitative estimate of drug-likeness (QED) is 0.0854. The molecule has 0 saturated carbocycles. The van der Waals surface area contributed by atoms with E-state index < -0.39 is 106 Å². The minimum atomic E-state index is -5.53. The number of H-pyrrole nitrogens is 1. The predicted octanol–water partition coefficient (Wildman–Crippen LogP) is -4.30. The molecule has 0 aromatic carbocycles. The van der Waals surface area contributed by atoms with Gasteiger partial charge in [0.1, 0.15) is 36.7 Å². The Morgan fingerprint density at radius 1 is 1.22 bits per heavy atom. The monoisotopic (exact) mass is 652 g/mol. The molecule has 7 unspecified atom stereocenters. The van der Waals surface area contributed by atoms with Gasteiger partial charge in [-0.1, -0.05) is 0 Å². The number of aromatic amines is 1. The lowest BCUT2D eigenvalue weighted by Crippen LogP contribution is -2.50. The fourth-order valence-corrected chi connectivity index (χ4v) is 7.15. The standard InChI is InChI=1S/C19H27FN2O16P2S/c1-2-19(22-4-3-11(24)21-18(22)30)16(29)13(26)10(36-19)7-35-40(33,41)38-39(31,32)37-17-15(28)14(27)12(25)8(6-34-17)9(20)5-23/h1,3-4,8-10,12-17,23,25-29H,5-7H2,(H,31,32)(H,33,41)(H,21,24,30)/t8?,9-,10+,12?,13+,14?,15?,16+,17?,19+,40?/m0/s1. The highest BCUT2D eigenvalue weighted by Gasteiger charge is 2.56. The lowest BCUT2D eigenvalue weighted by molar-refractivity contribution is -0.173. The lowest BCUT2D eigenvalue weighted by Gasteiger charge is -2.28. The van der Waals surface area contributed by atoms with Crippen LogP contribution in [0.3, 0.4) is 0 Å². The zero-order valence-electron chi connectivity index (χ0n) is 20.5. The summed E-state index contributed by atoms with van der Waals surface area (Å²) in [5, 5.41) is 60.1. The van der Waals surface area contributed by atoms with E-state index in [1.807, 2.05) is 10.9 Å². The third-order valence-electron chi connectivity index (χ3n) is 6.18. The molecule has 3 heterocycles. The fourth-order valence-electron chi connectivity index (χ4n) is 4.04. The van der Waals surface area contributed by atoms with E-state index in [0.29, 0.717) is 4.57 Å². The summed E-state index contributed by atoms with van der Waals surface area (Å²) >= 11 is 4.65. The van der Waals surface area contributed by atoms with Gasteiger partial charge in [0, 0.05) is 18.2 Å². The van der Waals surface area contributed by atoms with Crippen LogP contribution in [0.5, 0.6) is 0 Å². The van der Waals surface area contributed by atoms with Gasteiger partial charge in [-0.05, 0) is 17.7 Å². The van der Waals surface area contributed by atoms with Gasteiger partial charge in [0.2, 0.25) is 5.72 Å². The highest BCUT2D eigenvalue weighted by atomic mass is 32.5. The molecule has 232 valence electrons. The molecule has 18 nitrogen and oxygen atoms in total. The van der Waals surface area contributed by atoms with E-state index in [1.165, 1.54) is 0 Å². The largest absolute Gasteiger partial charge is 0.481 e. The third-order valence-corrected chi connectivity index (χ3v) is 9.70. The molecule has 0 radical (unpaired) electrons. The van der Waals surface area contributed by atoms with Crippen molar-refractivity contribution in [2.75, 3.05) is 19.8 Å². The maximum Gasteiger partial charge on any atom is 0.481 e. The first-order valence-electron chi connectivity index (χ1n) is 11.4. The number of hydrogen-bond donors (Lipinski definition) is 9. The molecule has 2 aliphatic rings. The first kappa shape index (κ1) is 34.0. The Balaban J connectivity index is 1.68. The minimum Gasteiger partial charge on any atom is -0.393 e. The average Bonchev–Trinajstić information content (AvgIpc) is 3.09. The fraction of sp³-hybridized carbons (Fsp3) is 0.684. The van der Waals surface area contributed by atoms with E-state index >= 15 is 0 Å². The van der Waals surface area contributed by atoms with Crippen molar-refractivity contribution < 1.29 is 72.2 Å². The number of aliphatic hydroxyl groups is 6. The Labute approximate surface area is 234 Å². The summed E-state index contributed by atoms with van der Waals surface area (Å²) in [4.78, 5) is 45.8. The second-order valence-corrected chi connectivity index (χ2v) is 13.2. The highest BCUT2D eigenvalue weighted by Crippen LogP contribution is 2.61. The molecular weight excluding hydrogens is 625 g/mol. The molecule has 12 atom stereocenters. The molecular formula is C19H27FN2O16P2S. The van der Waals surface area contributed by atoms with Crippen molar-refractivity contribution in [1.29, 1.82) is 0 Å². The normalized spacial score (nSPS) is 37.9. The van der Waals surface area contributed by atoms with Crippen LogP contribution in [0, 0.1) is 18.3 Å². The number of aromatic nitrogens is 2. The van der Waals surface area contributed by atoms with Crippen LogP contribution in [0.4, 0.5) is 4.39 Å². The van der Waals surface area contributed by atoms with Crippen LogP contribution in [0.2, 0.25) is 0 Å². The number of nitrogens with zero attached hydrogens (tertiary/aromatic N) is 1. The number of terminal acetylenes is 1. The summed E-state index contributed by atoms with van der Waals surface area (Å²) < 4.78 is 51.3. The molecule has 41 heavy (non-hydrogen) atoms. The summed E-state index contributed by atoms with van der Waals surface area (Å²) in [6.07, 6.45) is -9.96. The van der Waals surface area contributed by atoms with E-state index in [-0.39, 0.29) is 0 Å². The molecule has 0 spiro atoms. The van der Waals surface area contributed by atoms with Crippen molar-refractivity contribution in [2.24, 2.45) is 5.92 Å². The Hall–Kier alpha value is -1.47. The van der Waals surface area contributed by atoms with Crippen LogP contribution < -0.4 is 11.2 Å². The maximum absolute atomic E-state index is 13.9. The number of rotatable bonds is 10. The van der Waals surface area contributed by atoms with Crippen LogP contribution in [0.1, 0.15) is 0 Å². The molecule has 3 rings (SSSR count). The Morgan fingerprint density at radius 3 is 2.46 bits per heavy atom. The van der Waals surface area contributed by atoms with Crippen LogP contribution in [-0.2, 0) is 44.9 Å². The average molecular weight is 652 g/mol. The molecule has 2 saturated heterocycles. The number of aliphatic hydroxyl groups excluding tert-OH is 6. The molecule has 0 amide bonds. The summed E-state index contributed by atoms with van der Waals surface area (Å²) in [7, 11) is -5.53. The number of alkyl halides is 1. The number of ether oxygens (including phenoxy) is 2. The van der Waals surface area contributed by atoms with E-state index in [0.717, 1.165) is 12.3 Å². The highest BCUT2D eigenvalue weighted by molar-refractivity contribution is 8.08. The van der Waals surface area contributed by atoms with E-state index in [1.54, 1.807) is 0 Å². The molecule has 2 aliphatic heterocycles. The van der Waals surface area contributed by atoms with Crippen molar-refractivity contribution in [3.63, 3.8) is 0 Å². The van der Waals surface area contributed by atoms with Gasteiger partial charge < -0.3 is 54.4 Å². The molecule has 0 bridgehead atoms. The predicted molar refractivity (Wildman–Crippen MR) is 133 cm³/mol. The summed E-state index contributed by atoms with van der Waals surface area (Å²) in [6, 6.07) is 0.879. The molecule has 1 aromatic heterocycles. The van der Waals surface area contributed by atoms with Crippen molar-refractivity contribution in [3.05, 3.63) is 33.1 Å². The lowest BCUT2D eigenvalue weighted by atomic mass is 9.93. The van der Waals surface area contributed by atoms with Gasteiger partial charge in [-0.15, -0.1) is 6.42 Å². The second-order valence-electron chi connectivity index (χ2n) is 8.87. The van der Waals surface area contributed by atoms with Crippen molar-refractivity contribution in [3.8, 4) is 12.3 Å². The van der Waals surface area contributed by atoms with Crippen molar-refractivity contribution in [2.45, 2.75) is 54.8 Å². The molecule has 22 heteroatoms. The Morgan fingerprint density at radius 2 is 1.88 bits per heavy atom. The van der Waals surface area contributed by atoms with Crippen molar-refractivity contribution in [1.82, 2.24) is 9.55 Å². The number of hydrogen-bond acceptors (Lipinski definition) is 15.